The summed E-state index contributed by atoms with van der Waals surface area (Å²) < 4.78 is 0. The Hall–Kier alpha value is -1.80. The fourth-order valence-corrected chi connectivity index (χ4v) is 1.32. The van der Waals surface area contributed by atoms with Crippen LogP contribution in [0, 0.1) is 29.6 Å². The van der Waals surface area contributed by atoms with Crippen molar-refractivity contribution < 1.29 is 0 Å². The lowest BCUT2D eigenvalue weighted by atomic mass is 9.98. The highest BCUT2D eigenvalue weighted by atomic mass is 14.9. The summed E-state index contributed by atoms with van der Waals surface area (Å²) >= 11 is 0. The predicted molar refractivity (Wildman–Crippen MR) is 58.2 cm³/mol. The lowest BCUT2D eigenvalue weighted by molar-refractivity contribution is 1.11. The van der Waals surface area contributed by atoms with Crippen molar-refractivity contribution in [1.82, 2.24) is 0 Å². The highest BCUT2D eigenvalue weighted by molar-refractivity contribution is 5.97. The molecule has 0 bridgehead atoms. The van der Waals surface area contributed by atoms with E-state index in [1.165, 1.54) is 0 Å². The standard InChI is InChI=1S/C12H10N2/c1-2-4-8-12-11(6-3-1)7-5-9-13-10-14-12/h3,6,10-11H,1,8-9H2/b6-3-,13-10-,14-12-. The summed E-state index contributed by atoms with van der Waals surface area (Å²) in [6.07, 6.45) is 7.25. The Labute approximate surface area is 83.8 Å². The smallest absolute Gasteiger partial charge is 0.111 e. The summed E-state index contributed by atoms with van der Waals surface area (Å²) in [7, 11) is 0. The van der Waals surface area contributed by atoms with Gasteiger partial charge >= 0.3 is 0 Å². The Morgan fingerprint density at radius 1 is 1.29 bits per heavy atom. The fraction of sp³-hybridized carbons (Fsp3) is 0.333. The highest BCUT2D eigenvalue weighted by Crippen LogP contribution is 2.08. The number of nitrogens with zero attached hydrogens (tertiary/aromatic N) is 2. The van der Waals surface area contributed by atoms with Crippen LogP contribution < -0.4 is 0 Å². The first-order valence-electron chi connectivity index (χ1n) is 4.62. The first-order chi connectivity index (χ1) is 6.97. The Kier molecular flexibility index (Phi) is 2.79. The summed E-state index contributed by atoms with van der Waals surface area (Å²) in [5, 5.41) is 0. The van der Waals surface area contributed by atoms with Gasteiger partial charge in [0.1, 0.15) is 12.9 Å². The number of aliphatic imine (C=N–C) groups is 2. The average Bonchev–Trinajstić information content (AvgIpc) is 2.13. The van der Waals surface area contributed by atoms with Crippen molar-refractivity contribution in [3.8, 4) is 23.7 Å². The van der Waals surface area contributed by atoms with Gasteiger partial charge in [0.05, 0.1) is 11.6 Å². The minimum absolute atomic E-state index is 0.136. The topological polar surface area (TPSA) is 24.7 Å². The maximum Gasteiger partial charge on any atom is 0.111 e. The fourth-order valence-electron chi connectivity index (χ4n) is 1.32. The molecule has 1 atom stereocenters. The Morgan fingerprint density at radius 3 is 3.29 bits per heavy atom. The molecule has 1 aliphatic carbocycles. The van der Waals surface area contributed by atoms with Gasteiger partial charge in [0.2, 0.25) is 0 Å². The number of rotatable bonds is 0. The van der Waals surface area contributed by atoms with E-state index in [1.54, 1.807) is 6.34 Å². The van der Waals surface area contributed by atoms with Crippen molar-refractivity contribution in [2.45, 2.75) is 12.8 Å². The van der Waals surface area contributed by atoms with E-state index < -0.39 is 0 Å². The van der Waals surface area contributed by atoms with Crippen LogP contribution in [0.3, 0.4) is 0 Å². The Balaban J connectivity index is 2.33. The van der Waals surface area contributed by atoms with Gasteiger partial charge in [-0.15, -0.1) is 0 Å². The van der Waals surface area contributed by atoms with Crippen molar-refractivity contribution in [3.63, 3.8) is 0 Å². The summed E-state index contributed by atoms with van der Waals surface area (Å²) in [6.45, 7) is 0.548. The molecule has 0 aromatic rings. The lowest BCUT2D eigenvalue weighted by Gasteiger charge is -2.08. The van der Waals surface area contributed by atoms with Crippen LogP contribution in [0.5, 0.6) is 0 Å². The van der Waals surface area contributed by atoms with Crippen LogP contribution in [0.25, 0.3) is 0 Å². The van der Waals surface area contributed by atoms with Gasteiger partial charge in [-0.25, -0.2) is 4.99 Å². The molecule has 0 saturated carbocycles. The van der Waals surface area contributed by atoms with Crippen LogP contribution in [0.15, 0.2) is 22.1 Å². The molecule has 1 unspecified atom stereocenters. The van der Waals surface area contributed by atoms with E-state index in [1.807, 2.05) is 0 Å². The van der Waals surface area contributed by atoms with Crippen LogP contribution in [0.1, 0.15) is 12.8 Å². The average molecular weight is 182 g/mol. The number of allylic oxidation sites excluding steroid dienone is 2. The van der Waals surface area contributed by atoms with E-state index >= 15 is 0 Å². The zero-order valence-electron chi connectivity index (χ0n) is 7.83. The quantitative estimate of drug-likeness (QED) is 0.400. The van der Waals surface area contributed by atoms with Gasteiger partial charge < -0.3 is 0 Å². The number of hydrogen-bond acceptors (Lipinski definition) is 2. The molecule has 0 fully saturated rings. The molecule has 2 rings (SSSR count). The van der Waals surface area contributed by atoms with Gasteiger partial charge in [-0.3, -0.25) is 4.99 Å². The first-order valence-corrected chi connectivity index (χ1v) is 4.62. The molecule has 0 amide bonds. The largest absolute Gasteiger partial charge is 0.261 e. The van der Waals surface area contributed by atoms with Gasteiger partial charge in [-0.1, -0.05) is 35.8 Å². The Bertz CT molecular complexity index is 419. The van der Waals surface area contributed by atoms with Crippen LogP contribution in [-0.2, 0) is 0 Å². The van der Waals surface area contributed by atoms with Gasteiger partial charge in [-0.2, -0.15) is 0 Å². The molecule has 0 N–H and O–H groups in total. The third-order valence-electron chi connectivity index (χ3n) is 2.04. The molecule has 0 spiro atoms. The molecule has 14 heavy (non-hydrogen) atoms. The molecule has 0 aromatic carbocycles. The third-order valence-corrected chi connectivity index (χ3v) is 2.04. The molecule has 2 heteroatoms. The summed E-state index contributed by atoms with van der Waals surface area (Å²) in [4.78, 5) is 8.29. The van der Waals surface area contributed by atoms with E-state index in [4.69, 9.17) is 0 Å². The second kappa shape index (κ2) is 4.44. The van der Waals surface area contributed by atoms with E-state index in [-0.39, 0.29) is 5.92 Å². The third kappa shape index (κ3) is 2.12. The molecule has 1 heterocycles. The van der Waals surface area contributed by atoms with Crippen molar-refractivity contribution >= 4 is 12.1 Å². The van der Waals surface area contributed by atoms with Gasteiger partial charge in [-0.05, 0) is 0 Å². The van der Waals surface area contributed by atoms with Gasteiger partial charge in [0.15, 0.2) is 0 Å². The highest BCUT2D eigenvalue weighted by Gasteiger charge is 2.10. The summed E-state index contributed by atoms with van der Waals surface area (Å²) in [6, 6.07) is 0. The van der Waals surface area contributed by atoms with Crippen molar-refractivity contribution in [2.24, 2.45) is 15.9 Å². The molecule has 2 aliphatic rings. The predicted octanol–water partition coefficient (Wildman–Crippen LogP) is 1.44. The maximum absolute atomic E-state index is 4.28. The van der Waals surface area contributed by atoms with Crippen molar-refractivity contribution in [2.75, 3.05) is 6.54 Å². The van der Waals surface area contributed by atoms with E-state index in [0.29, 0.717) is 13.0 Å². The number of fused-ring (bicyclic) bond motifs is 1. The minimum atomic E-state index is 0.136. The van der Waals surface area contributed by atoms with Crippen molar-refractivity contribution in [3.05, 3.63) is 12.2 Å². The van der Waals surface area contributed by atoms with E-state index in [0.717, 1.165) is 12.1 Å². The zero-order chi connectivity index (χ0) is 9.64. The summed E-state index contributed by atoms with van der Waals surface area (Å²) in [5.74, 6) is 12.4. The maximum atomic E-state index is 4.28. The van der Waals surface area contributed by atoms with Gasteiger partial charge in [0.25, 0.3) is 0 Å². The monoisotopic (exact) mass is 182 g/mol. The normalized spacial score (nSPS) is 31.7. The van der Waals surface area contributed by atoms with E-state index in [9.17, 15) is 0 Å². The molecule has 0 saturated heterocycles. The summed E-state index contributed by atoms with van der Waals surface area (Å²) in [5.41, 5.74) is 1.00. The van der Waals surface area contributed by atoms with Crippen LogP contribution in [0.2, 0.25) is 0 Å². The van der Waals surface area contributed by atoms with Crippen LogP contribution >= 0.6 is 0 Å². The van der Waals surface area contributed by atoms with Crippen molar-refractivity contribution in [1.29, 1.82) is 0 Å². The number of hydrogen-bond donors (Lipinski definition) is 0. The van der Waals surface area contributed by atoms with E-state index in [2.05, 4.69) is 45.8 Å². The molecule has 0 radical (unpaired) electrons. The molecule has 1 aliphatic heterocycles. The SMILES string of the molecule is C1#CC/C2=N/C=N\CC#CC2/C=C\C1. The second-order valence-corrected chi connectivity index (χ2v) is 3.04. The molecular formula is C12H10N2. The van der Waals surface area contributed by atoms with Crippen LogP contribution in [-0.4, -0.2) is 18.6 Å². The molecule has 0 aromatic heterocycles. The minimum Gasteiger partial charge on any atom is -0.261 e. The lowest BCUT2D eigenvalue weighted by Crippen LogP contribution is -2.12. The second-order valence-electron chi connectivity index (χ2n) is 3.04. The van der Waals surface area contributed by atoms with Crippen LogP contribution in [0.4, 0.5) is 0 Å². The molecule has 2 nitrogen and oxygen atoms in total. The van der Waals surface area contributed by atoms with Gasteiger partial charge in [0, 0.05) is 12.8 Å². The first kappa shape index (κ1) is 8.78. The zero-order valence-corrected chi connectivity index (χ0v) is 7.83. The molecular weight excluding hydrogens is 172 g/mol. The Morgan fingerprint density at radius 2 is 2.29 bits per heavy atom. The molecule has 68 valence electrons.